The molecular formula is C18H15F5N2O3. The van der Waals surface area contributed by atoms with Gasteiger partial charge in [0, 0.05) is 5.69 Å². The van der Waals surface area contributed by atoms with E-state index in [1.807, 2.05) is 5.32 Å². The molecule has 0 aliphatic heterocycles. The van der Waals surface area contributed by atoms with Crippen LogP contribution in [0.3, 0.4) is 0 Å². The van der Waals surface area contributed by atoms with Gasteiger partial charge < -0.3 is 15.4 Å². The van der Waals surface area contributed by atoms with Crippen LogP contribution in [0.15, 0.2) is 48.5 Å². The average Bonchev–Trinajstić information content (AvgIpc) is 2.61. The highest BCUT2D eigenvalue weighted by molar-refractivity contribution is 5.99. The fourth-order valence-electron chi connectivity index (χ4n) is 2.32. The minimum atomic E-state index is -5.42. The molecule has 2 aromatic rings. The summed E-state index contributed by atoms with van der Waals surface area (Å²) in [7, 11) is 0. The van der Waals surface area contributed by atoms with Gasteiger partial charge in [0.25, 0.3) is 5.91 Å². The van der Waals surface area contributed by atoms with Crippen LogP contribution in [0.1, 0.15) is 17.3 Å². The molecule has 0 aromatic heterocycles. The molecule has 0 spiro atoms. The van der Waals surface area contributed by atoms with E-state index in [-0.39, 0.29) is 5.69 Å². The van der Waals surface area contributed by atoms with Gasteiger partial charge in [-0.1, -0.05) is 24.3 Å². The molecule has 1 atom stereocenters. The summed E-state index contributed by atoms with van der Waals surface area (Å²) in [5.41, 5.74) is -5.24. The average molecular weight is 402 g/mol. The monoisotopic (exact) mass is 402 g/mol. The standard InChI is InChI=1S/C18H15F5N2O3/c1-2-28-16(27)17(18(21,22)23,24-11-7-4-3-5-8-11)25-15(26)14-12(19)9-6-10-13(14)20/h3-10,24H,2H2,1H3,(H,25,26). The van der Waals surface area contributed by atoms with Crippen molar-refractivity contribution >= 4 is 17.6 Å². The number of anilines is 1. The zero-order valence-electron chi connectivity index (χ0n) is 14.4. The molecular weight excluding hydrogens is 387 g/mol. The lowest BCUT2D eigenvalue weighted by molar-refractivity contribution is -0.204. The second kappa shape index (κ2) is 8.24. The molecule has 28 heavy (non-hydrogen) atoms. The van der Waals surface area contributed by atoms with Crippen molar-refractivity contribution in [3.63, 3.8) is 0 Å². The summed E-state index contributed by atoms with van der Waals surface area (Å²) >= 11 is 0. The molecule has 2 N–H and O–H groups in total. The number of carbonyl (C=O) groups is 2. The molecule has 2 rings (SSSR count). The molecule has 0 radical (unpaired) electrons. The number of carbonyl (C=O) groups excluding carboxylic acids is 2. The van der Waals surface area contributed by atoms with Crippen LogP contribution >= 0.6 is 0 Å². The van der Waals surface area contributed by atoms with Crippen molar-refractivity contribution in [3.05, 3.63) is 65.7 Å². The van der Waals surface area contributed by atoms with E-state index in [1.54, 1.807) is 0 Å². The Morgan fingerprint density at radius 3 is 2.04 bits per heavy atom. The second-order valence-electron chi connectivity index (χ2n) is 5.51. The topological polar surface area (TPSA) is 67.4 Å². The predicted molar refractivity (Wildman–Crippen MR) is 89.3 cm³/mol. The highest BCUT2D eigenvalue weighted by atomic mass is 19.4. The first-order valence-corrected chi connectivity index (χ1v) is 7.96. The Balaban J connectivity index is 2.55. The summed E-state index contributed by atoms with van der Waals surface area (Å²) < 4.78 is 74.0. The van der Waals surface area contributed by atoms with E-state index in [9.17, 15) is 31.5 Å². The van der Waals surface area contributed by atoms with Crippen LogP contribution in [-0.2, 0) is 9.53 Å². The summed E-state index contributed by atoms with van der Waals surface area (Å²) in [5, 5.41) is 3.25. The molecule has 1 amide bonds. The highest BCUT2D eigenvalue weighted by Gasteiger charge is 2.63. The van der Waals surface area contributed by atoms with E-state index in [2.05, 4.69) is 4.74 Å². The predicted octanol–water partition coefficient (Wildman–Crippen LogP) is 3.63. The van der Waals surface area contributed by atoms with Gasteiger partial charge in [-0.25, -0.2) is 13.6 Å². The number of halogens is 5. The Morgan fingerprint density at radius 1 is 0.964 bits per heavy atom. The van der Waals surface area contributed by atoms with Crippen LogP contribution in [0.2, 0.25) is 0 Å². The molecule has 0 saturated heterocycles. The second-order valence-corrected chi connectivity index (χ2v) is 5.51. The number of rotatable bonds is 6. The first-order chi connectivity index (χ1) is 13.1. The number of para-hydroxylation sites is 1. The third-order valence-corrected chi connectivity index (χ3v) is 3.60. The third kappa shape index (κ3) is 4.21. The maximum Gasteiger partial charge on any atom is 0.441 e. The Kier molecular flexibility index (Phi) is 6.22. The summed E-state index contributed by atoms with van der Waals surface area (Å²) in [6.45, 7) is 0.830. The van der Waals surface area contributed by atoms with Crippen LogP contribution in [0, 0.1) is 11.6 Å². The van der Waals surface area contributed by atoms with Crippen LogP contribution < -0.4 is 10.6 Å². The first-order valence-electron chi connectivity index (χ1n) is 7.96. The van der Waals surface area contributed by atoms with E-state index in [0.717, 1.165) is 6.07 Å². The Morgan fingerprint density at radius 2 is 1.54 bits per heavy atom. The van der Waals surface area contributed by atoms with Crippen molar-refractivity contribution in [2.45, 2.75) is 18.8 Å². The fourth-order valence-corrected chi connectivity index (χ4v) is 2.32. The smallest absolute Gasteiger partial charge is 0.441 e. The van der Waals surface area contributed by atoms with Gasteiger partial charge in [0.15, 0.2) is 0 Å². The normalized spacial score (nSPS) is 13.4. The molecule has 2 aromatic carbocycles. The molecule has 0 aliphatic rings. The Hall–Kier alpha value is -3.17. The van der Waals surface area contributed by atoms with Gasteiger partial charge in [-0.2, -0.15) is 13.2 Å². The summed E-state index contributed by atoms with van der Waals surface area (Å²) in [6.07, 6.45) is -5.42. The number of alkyl halides is 3. The number of nitrogens with one attached hydrogen (secondary N) is 2. The van der Waals surface area contributed by atoms with E-state index in [4.69, 9.17) is 0 Å². The molecule has 0 heterocycles. The Bertz CT molecular complexity index is 838. The molecule has 5 nitrogen and oxygen atoms in total. The largest absolute Gasteiger partial charge is 0.463 e. The summed E-state index contributed by atoms with van der Waals surface area (Å²) in [6, 6.07) is 9.01. The van der Waals surface area contributed by atoms with Crippen molar-refractivity contribution in [1.29, 1.82) is 0 Å². The van der Waals surface area contributed by atoms with E-state index in [1.165, 1.54) is 42.6 Å². The lowest BCUT2D eigenvalue weighted by Crippen LogP contribution is -2.69. The van der Waals surface area contributed by atoms with Crippen molar-refractivity contribution < 1.29 is 36.3 Å². The molecule has 1 unspecified atom stereocenters. The molecule has 0 aliphatic carbocycles. The van der Waals surface area contributed by atoms with Gasteiger partial charge in [-0.15, -0.1) is 0 Å². The van der Waals surface area contributed by atoms with Gasteiger partial charge in [0.1, 0.15) is 17.2 Å². The van der Waals surface area contributed by atoms with Crippen LogP contribution in [0.25, 0.3) is 0 Å². The molecule has 150 valence electrons. The van der Waals surface area contributed by atoms with Crippen molar-refractivity contribution in [2.75, 3.05) is 11.9 Å². The number of benzene rings is 2. The van der Waals surface area contributed by atoms with E-state index in [0.29, 0.717) is 12.1 Å². The van der Waals surface area contributed by atoms with E-state index >= 15 is 0 Å². The quantitative estimate of drug-likeness (QED) is 0.440. The van der Waals surface area contributed by atoms with Gasteiger partial charge in [0.2, 0.25) is 0 Å². The van der Waals surface area contributed by atoms with Gasteiger partial charge in [0.05, 0.1) is 6.61 Å². The van der Waals surface area contributed by atoms with Crippen LogP contribution in [0.5, 0.6) is 0 Å². The maximum absolute atomic E-state index is 13.9. The maximum atomic E-state index is 13.9. The number of ether oxygens (including phenoxy) is 1. The number of esters is 1. The molecule has 10 heteroatoms. The fraction of sp³-hybridized carbons (Fsp3) is 0.222. The summed E-state index contributed by atoms with van der Waals surface area (Å²) in [5.74, 6) is -6.46. The Labute approximate surface area is 156 Å². The zero-order valence-corrected chi connectivity index (χ0v) is 14.4. The SMILES string of the molecule is CCOC(=O)C(NC(=O)c1c(F)cccc1F)(Nc1ccccc1)C(F)(F)F. The lowest BCUT2D eigenvalue weighted by Gasteiger charge is -2.35. The highest BCUT2D eigenvalue weighted by Crippen LogP contribution is 2.33. The van der Waals surface area contributed by atoms with Crippen molar-refractivity contribution in [3.8, 4) is 0 Å². The minimum absolute atomic E-state index is 0.192. The minimum Gasteiger partial charge on any atom is -0.463 e. The molecule has 0 bridgehead atoms. The first kappa shape index (κ1) is 21.1. The number of hydrogen-bond acceptors (Lipinski definition) is 4. The van der Waals surface area contributed by atoms with Gasteiger partial charge >= 0.3 is 17.8 Å². The molecule has 0 saturated carbocycles. The van der Waals surface area contributed by atoms with Crippen LogP contribution in [0.4, 0.5) is 27.6 Å². The zero-order chi connectivity index (χ0) is 20.9. The van der Waals surface area contributed by atoms with Gasteiger partial charge in [-0.05, 0) is 31.2 Å². The number of amides is 1. The number of hydrogen-bond donors (Lipinski definition) is 2. The van der Waals surface area contributed by atoms with Crippen LogP contribution in [-0.4, -0.2) is 30.3 Å². The lowest BCUT2D eigenvalue weighted by atomic mass is 10.1. The van der Waals surface area contributed by atoms with E-state index < -0.39 is 47.5 Å². The molecule has 0 fully saturated rings. The van der Waals surface area contributed by atoms with Gasteiger partial charge in [-0.3, -0.25) is 4.79 Å². The third-order valence-electron chi connectivity index (χ3n) is 3.60. The van der Waals surface area contributed by atoms with Crippen molar-refractivity contribution in [2.24, 2.45) is 0 Å². The van der Waals surface area contributed by atoms with Crippen molar-refractivity contribution in [1.82, 2.24) is 5.32 Å². The summed E-state index contributed by atoms with van der Waals surface area (Å²) in [4.78, 5) is 24.6.